The number of halogens is 1. The minimum atomic E-state index is -0.558. The third-order valence-electron chi connectivity index (χ3n) is 4.82. The maximum atomic E-state index is 6.08. The third-order valence-corrected chi connectivity index (χ3v) is 7.24. The fourth-order valence-corrected chi connectivity index (χ4v) is 5.78. The molecule has 3 rings (SSSR count). The van der Waals surface area contributed by atoms with Crippen molar-refractivity contribution >= 4 is 25.6 Å². The van der Waals surface area contributed by atoms with Crippen LogP contribution < -0.4 is 21.4 Å². The SMILES string of the molecule is CCOC1(OCC)C=[N+](CCc2ccccc2)C(C[Se]c2ccccc2)C1.[Br-]. The molecule has 3 nitrogen and oxygen atoms in total. The summed E-state index contributed by atoms with van der Waals surface area (Å²) >= 11 is 0.458. The van der Waals surface area contributed by atoms with Crippen molar-refractivity contribution in [1.82, 2.24) is 0 Å². The summed E-state index contributed by atoms with van der Waals surface area (Å²) in [5, 5.41) is 1.17. The van der Waals surface area contributed by atoms with Crippen molar-refractivity contribution in [1.29, 1.82) is 0 Å². The van der Waals surface area contributed by atoms with Gasteiger partial charge in [0, 0.05) is 0 Å². The van der Waals surface area contributed by atoms with Crippen LogP contribution in [0.5, 0.6) is 0 Å². The Morgan fingerprint density at radius 2 is 1.57 bits per heavy atom. The summed E-state index contributed by atoms with van der Waals surface area (Å²) in [6.45, 7) is 6.43. The summed E-state index contributed by atoms with van der Waals surface area (Å²) < 4.78 is 16.1. The zero-order valence-electron chi connectivity index (χ0n) is 16.7. The van der Waals surface area contributed by atoms with Crippen LogP contribution in [0, 0.1) is 0 Å². The minimum Gasteiger partial charge on any atom is -1.00 e. The van der Waals surface area contributed by atoms with E-state index in [9.17, 15) is 0 Å². The Kier molecular flexibility index (Phi) is 9.90. The normalized spacial score (nSPS) is 17.8. The van der Waals surface area contributed by atoms with Crippen LogP contribution in [-0.4, -0.2) is 57.3 Å². The molecule has 1 aliphatic heterocycles. The third kappa shape index (κ3) is 6.53. The van der Waals surface area contributed by atoms with Crippen LogP contribution in [0.1, 0.15) is 25.8 Å². The molecule has 0 spiro atoms. The van der Waals surface area contributed by atoms with Crippen molar-refractivity contribution in [3.05, 3.63) is 66.2 Å². The van der Waals surface area contributed by atoms with Crippen molar-refractivity contribution in [2.75, 3.05) is 19.8 Å². The molecule has 0 saturated heterocycles. The van der Waals surface area contributed by atoms with Gasteiger partial charge < -0.3 is 17.0 Å². The molecule has 2 aromatic carbocycles. The maximum Gasteiger partial charge on any atom is -1.00 e. The summed E-state index contributed by atoms with van der Waals surface area (Å²) in [4.78, 5) is 0. The molecule has 0 aliphatic carbocycles. The predicted octanol–water partition coefficient (Wildman–Crippen LogP) is 0.306. The molecule has 0 bridgehead atoms. The van der Waals surface area contributed by atoms with Crippen LogP contribution in [0.25, 0.3) is 0 Å². The number of hydrogen-bond acceptors (Lipinski definition) is 2. The molecule has 0 radical (unpaired) electrons. The summed E-state index contributed by atoms with van der Waals surface area (Å²) in [5.41, 5.74) is 1.38. The van der Waals surface area contributed by atoms with Crippen molar-refractivity contribution < 1.29 is 31.0 Å². The topological polar surface area (TPSA) is 21.5 Å². The van der Waals surface area contributed by atoms with Gasteiger partial charge in [-0.15, -0.1) is 0 Å². The Hall–Kier alpha value is -0.971. The average Bonchev–Trinajstić information content (AvgIpc) is 3.04. The second-order valence-corrected chi connectivity index (χ2v) is 9.06. The molecule has 0 aromatic heterocycles. The van der Waals surface area contributed by atoms with Gasteiger partial charge in [-0.25, -0.2) is 0 Å². The van der Waals surface area contributed by atoms with E-state index in [0.717, 1.165) is 19.4 Å². The molecule has 1 unspecified atom stereocenters. The second-order valence-electron chi connectivity index (χ2n) is 6.76. The van der Waals surface area contributed by atoms with Gasteiger partial charge in [-0.1, -0.05) is 0 Å². The Bertz CT molecular complexity index is 718. The summed E-state index contributed by atoms with van der Waals surface area (Å²) in [7, 11) is 0. The average molecular weight is 511 g/mol. The van der Waals surface area contributed by atoms with E-state index in [-0.39, 0.29) is 17.0 Å². The fourth-order valence-electron chi connectivity index (χ4n) is 3.59. The molecule has 1 atom stereocenters. The number of ether oxygens (including phenoxy) is 2. The molecule has 0 fully saturated rings. The van der Waals surface area contributed by atoms with Gasteiger partial charge in [0.15, 0.2) is 0 Å². The Labute approximate surface area is 186 Å². The number of rotatable bonds is 10. The van der Waals surface area contributed by atoms with Gasteiger partial charge in [-0.05, 0) is 0 Å². The molecule has 1 heterocycles. The number of nitrogens with zero attached hydrogens (tertiary/aromatic N) is 1. The molecule has 0 saturated carbocycles. The summed E-state index contributed by atoms with van der Waals surface area (Å²) in [6, 6.07) is 22.0. The molecule has 0 N–H and O–H groups in total. The van der Waals surface area contributed by atoms with Crippen molar-refractivity contribution in [2.24, 2.45) is 0 Å². The van der Waals surface area contributed by atoms with Crippen molar-refractivity contribution in [2.45, 2.75) is 43.8 Å². The molecule has 2 aromatic rings. The van der Waals surface area contributed by atoms with E-state index in [1.54, 1.807) is 0 Å². The summed E-state index contributed by atoms with van der Waals surface area (Å²) in [5.74, 6) is -0.558. The van der Waals surface area contributed by atoms with Gasteiger partial charge in [0.2, 0.25) is 0 Å². The van der Waals surface area contributed by atoms with Gasteiger partial charge in [-0.3, -0.25) is 0 Å². The minimum absolute atomic E-state index is 0. The van der Waals surface area contributed by atoms with Crippen LogP contribution in [0.15, 0.2) is 60.7 Å². The fraction of sp³-hybridized carbons (Fsp3) is 0.435. The first kappa shape index (κ1) is 23.3. The second kappa shape index (κ2) is 11.9. The zero-order valence-corrected chi connectivity index (χ0v) is 20.0. The standard InChI is InChI=1S/C23H30NO2Se.BrH/c1-3-25-23(26-4-2)17-21(18-27-22-13-9-6-10-14-22)24(19-23)16-15-20-11-7-5-8-12-20;/h5-14,19,21H,3-4,15-18H2,1-2H3;1H/q+1;/p-1. The molecule has 1 aliphatic rings. The van der Waals surface area contributed by atoms with E-state index in [0.29, 0.717) is 34.2 Å². The molecule has 152 valence electrons. The van der Waals surface area contributed by atoms with E-state index in [1.165, 1.54) is 15.3 Å². The van der Waals surface area contributed by atoms with Gasteiger partial charge in [0.25, 0.3) is 0 Å². The van der Waals surface area contributed by atoms with Gasteiger partial charge >= 0.3 is 170 Å². The van der Waals surface area contributed by atoms with Crippen LogP contribution in [0.2, 0.25) is 5.32 Å². The monoisotopic (exact) mass is 511 g/mol. The first-order valence-corrected chi connectivity index (χ1v) is 11.9. The van der Waals surface area contributed by atoms with E-state index < -0.39 is 5.79 Å². The molecule has 5 heteroatoms. The first-order valence-electron chi connectivity index (χ1n) is 9.86. The van der Waals surface area contributed by atoms with Crippen LogP contribution in [-0.2, 0) is 15.9 Å². The molecule has 28 heavy (non-hydrogen) atoms. The smallest absolute Gasteiger partial charge is 1.00 e. The molecular weight excluding hydrogens is 481 g/mol. The largest absolute Gasteiger partial charge is 1.00 e. The van der Waals surface area contributed by atoms with Crippen LogP contribution in [0.4, 0.5) is 0 Å². The number of benzene rings is 2. The Balaban J connectivity index is 0.00000280. The zero-order chi connectivity index (χ0) is 19.0. The number of hydrogen-bond donors (Lipinski definition) is 0. The van der Waals surface area contributed by atoms with E-state index in [1.807, 2.05) is 13.8 Å². The van der Waals surface area contributed by atoms with Crippen LogP contribution >= 0.6 is 0 Å². The van der Waals surface area contributed by atoms with Gasteiger partial charge in [0.1, 0.15) is 0 Å². The quantitative estimate of drug-likeness (QED) is 0.260. The van der Waals surface area contributed by atoms with Gasteiger partial charge in [-0.2, -0.15) is 0 Å². The van der Waals surface area contributed by atoms with E-state index in [2.05, 4.69) is 71.5 Å². The van der Waals surface area contributed by atoms with Crippen molar-refractivity contribution in [3.63, 3.8) is 0 Å². The van der Waals surface area contributed by atoms with E-state index in [4.69, 9.17) is 9.47 Å². The Morgan fingerprint density at radius 1 is 0.964 bits per heavy atom. The van der Waals surface area contributed by atoms with E-state index >= 15 is 0 Å². The Morgan fingerprint density at radius 3 is 2.18 bits per heavy atom. The van der Waals surface area contributed by atoms with Crippen LogP contribution in [0.3, 0.4) is 0 Å². The molecular formula is C23H30BrNO2Se. The van der Waals surface area contributed by atoms with Gasteiger partial charge in [0.05, 0.1) is 0 Å². The van der Waals surface area contributed by atoms with Crippen molar-refractivity contribution in [3.8, 4) is 0 Å². The molecule has 0 amide bonds. The summed E-state index contributed by atoms with van der Waals surface area (Å²) in [6.07, 6.45) is 4.17. The predicted molar refractivity (Wildman–Crippen MR) is 112 cm³/mol. The first-order chi connectivity index (χ1) is 13.2. The maximum absolute atomic E-state index is 6.08.